The molecule has 8 heteroatoms. The van der Waals surface area contributed by atoms with Crippen molar-refractivity contribution in [3.05, 3.63) is 71.3 Å². The van der Waals surface area contributed by atoms with Gasteiger partial charge in [0.2, 0.25) is 5.91 Å². The van der Waals surface area contributed by atoms with E-state index in [0.717, 1.165) is 10.5 Å². The first-order chi connectivity index (χ1) is 14.4. The SMILES string of the molecule is COc1ccc(/C=C/C(=O)NC(C)C(=O)OCN2C(=O)c3ccccc3C2=O)cc1. The largest absolute Gasteiger partial charge is 0.497 e. The molecule has 0 fully saturated rings. The molecule has 0 saturated heterocycles. The maximum absolute atomic E-state index is 12.3. The van der Waals surface area contributed by atoms with Crippen LogP contribution in [0.25, 0.3) is 6.08 Å². The predicted octanol–water partition coefficient (Wildman–Crippen LogP) is 2.01. The fourth-order valence-corrected chi connectivity index (χ4v) is 2.82. The number of rotatable bonds is 7. The highest BCUT2D eigenvalue weighted by molar-refractivity contribution is 6.21. The van der Waals surface area contributed by atoms with Crippen molar-refractivity contribution in [3.63, 3.8) is 0 Å². The van der Waals surface area contributed by atoms with Gasteiger partial charge in [0.15, 0.2) is 6.73 Å². The van der Waals surface area contributed by atoms with E-state index in [4.69, 9.17) is 9.47 Å². The van der Waals surface area contributed by atoms with Crippen LogP contribution in [0.4, 0.5) is 0 Å². The van der Waals surface area contributed by atoms with Crippen molar-refractivity contribution in [2.45, 2.75) is 13.0 Å². The summed E-state index contributed by atoms with van der Waals surface area (Å²) in [6.07, 6.45) is 2.88. The zero-order valence-electron chi connectivity index (χ0n) is 16.5. The second-order valence-corrected chi connectivity index (χ2v) is 6.51. The number of esters is 1. The number of nitrogens with zero attached hydrogens (tertiary/aromatic N) is 1. The molecule has 30 heavy (non-hydrogen) atoms. The fraction of sp³-hybridized carbons (Fsp3) is 0.182. The van der Waals surface area contributed by atoms with E-state index in [1.807, 2.05) is 0 Å². The van der Waals surface area contributed by atoms with Crippen molar-refractivity contribution in [3.8, 4) is 5.75 Å². The van der Waals surface area contributed by atoms with Gasteiger partial charge in [0, 0.05) is 6.08 Å². The molecular weight excluding hydrogens is 388 g/mol. The van der Waals surface area contributed by atoms with E-state index < -0.39 is 36.5 Å². The van der Waals surface area contributed by atoms with Crippen molar-refractivity contribution in [2.75, 3.05) is 13.8 Å². The van der Waals surface area contributed by atoms with Gasteiger partial charge in [-0.3, -0.25) is 14.4 Å². The molecule has 0 radical (unpaired) electrons. The van der Waals surface area contributed by atoms with E-state index in [2.05, 4.69) is 5.32 Å². The summed E-state index contributed by atoms with van der Waals surface area (Å²) in [5.74, 6) is -1.61. The number of imide groups is 1. The average Bonchev–Trinajstić information content (AvgIpc) is 3.01. The lowest BCUT2D eigenvalue weighted by atomic mass is 10.1. The summed E-state index contributed by atoms with van der Waals surface area (Å²) in [6.45, 7) is 0.927. The standard InChI is InChI=1S/C22H20N2O6/c1-14(23-19(25)12-9-15-7-10-16(29-2)11-8-15)22(28)30-13-24-20(26)17-5-3-4-6-18(17)21(24)27/h3-12,14H,13H2,1-2H3,(H,23,25)/b12-9+. The van der Waals surface area contributed by atoms with Crippen molar-refractivity contribution < 1.29 is 28.7 Å². The first-order valence-electron chi connectivity index (χ1n) is 9.15. The predicted molar refractivity (Wildman–Crippen MR) is 108 cm³/mol. The van der Waals surface area contributed by atoms with Crippen LogP contribution in [0.15, 0.2) is 54.6 Å². The Kier molecular flexibility index (Phi) is 6.26. The zero-order valence-corrected chi connectivity index (χ0v) is 16.5. The number of benzene rings is 2. The quantitative estimate of drug-likeness (QED) is 0.427. The maximum atomic E-state index is 12.3. The monoisotopic (exact) mass is 408 g/mol. The number of hydrogen-bond donors (Lipinski definition) is 1. The lowest BCUT2D eigenvalue weighted by Gasteiger charge is -2.16. The van der Waals surface area contributed by atoms with Crippen LogP contribution in [0, 0.1) is 0 Å². The normalized spacial score (nSPS) is 13.9. The van der Waals surface area contributed by atoms with Crippen LogP contribution in [-0.2, 0) is 14.3 Å². The van der Waals surface area contributed by atoms with Crippen LogP contribution < -0.4 is 10.1 Å². The van der Waals surface area contributed by atoms with Crippen LogP contribution in [0.3, 0.4) is 0 Å². The fourth-order valence-electron chi connectivity index (χ4n) is 2.82. The summed E-state index contributed by atoms with van der Waals surface area (Å²) in [7, 11) is 1.56. The average molecular weight is 408 g/mol. The Morgan fingerprint density at radius 3 is 2.20 bits per heavy atom. The molecule has 0 aliphatic carbocycles. The van der Waals surface area contributed by atoms with Gasteiger partial charge in [-0.25, -0.2) is 9.69 Å². The molecular formula is C22H20N2O6. The highest BCUT2D eigenvalue weighted by Gasteiger charge is 2.36. The first kappa shape index (κ1) is 20.8. The Hall–Kier alpha value is -3.94. The third-order valence-corrected chi connectivity index (χ3v) is 4.47. The maximum Gasteiger partial charge on any atom is 0.330 e. The number of carbonyl (C=O) groups is 4. The third-order valence-electron chi connectivity index (χ3n) is 4.47. The van der Waals surface area contributed by atoms with Crippen molar-refractivity contribution in [2.24, 2.45) is 0 Å². The number of ether oxygens (including phenoxy) is 2. The van der Waals surface area contributed by atoms with E-state index in [1.54, 1.807) is 49.6 Å². The topological polar surface area (TPSA) is 102 Å². The number of carbonyl (C=O) groups excluding carboxylic acids is 4. The van der Waals surface area contributed by atoms with E-state index in [9.17, 15) is 19.2 Å². The highest BCUT2D eigenvalue weighted by Crippen LogP contribution is 2.22. The number of amides is 3. The van der Waals surface area contributed by atoms with Crippen molar-refractivity contribution in [1.82, 2.24) is 10.2 Å². The van der Waals surface area contributed by atoms with Crippen LogP contribution in [0.2, 0.25) is 0 Å². The Bertz CT molecular complexity index is 978. The molecule has 0 saturated carbocycles. The zero-order chi connectivity index (χ0) is 21.7. The van der Waals surface area contributed by atoms with Crippen LogP contribution in [0.1, 0.15) is 33.2 Å². The summed E-state index contributed by atoms with van der Waals surface area (Å²) >= 11 is 0. The Morgan fingerprint density at radius 1 is 1.03 bits per heavy atom. The first-order valence-corrected chi connectivity index (χ1v) is 9.15. The Morgan fingerprint density at radius 2 is 1.63 bits per heavy atom. The molecule has 2 aromatic carbocycles. The van der Waals surface area contributed by atoms with Gasteiger partial charge in [-0.2, -0.15) is 0 Å². The second kappa shape index (κ2) is 9.04. The van der Waals surface area contributed by atoms with Crippen LogP contribution in [-0.4, -0.2) is 48.5 Å². The number of nitrogens with one attached hydrogen (secondary N) is 1. The van der Waals surface area contributed by atoms with E-state index >= 15 is 0 Å². The molecule has 1 N–H and O–H groups in total. The minimum atomic E-state index is -0.965. The molecule has 1 atom stereocenters. The van der Waals surface area contributed by atoms with E-state index in [0.29, 0.717) is 5.75 Å². The van der Waals surface area contributed by atoms with Gasteiger partial charge >= 0.3 is 5.97 Å². The van der Waals surface area contributed by atoms with Gasteiger partial charge in [-0.15, -0.1) is 0 Å². The minimum absolute atomic E-state index is 0.267. The van der Waals surface area contributed by atoms with Gasteiger partial charge in [-0.05, 0) is 42.8 Å². The van der Waals surface area contributed by atoms with Gasteiger partial charge in [0.05, 0.1) is 18.2 Å². The molecule has 2 aromatic rings. The Balaban J connectivity index is 1.50. The molecule has 3 rings (SSSR count). The lowest BCUT2D eigenvalue weighted by molar-refractivity contribution is -0.149. The molecule has 8 nitrogen and oxygen atoms in total. The summed E-state index contributed by atoms with van der Waals surface area (Å²) in [5.41, 5.74) is 1.32. The van der Waals surface area contributed by atoms with Crippen molar-refractivity contribution >= 4 is 29.8 Å². The summed E-state index contributed by atoms with van der Waals surface area (Å²) in [6, 6.07) is 12.5. The molecule has 0 aromatic heterocycles. The summed E-state index contributed by atoms with van der Waals surface area (Å²) < 4.78 is 10.1. The second-order valence-electron chi connectivity index (χ2n) is 6.51. The Labute approximate surface area is 173 Å². The van der Waals surface area contributed by atoms with Crippen LogP contribution >= 0.6 is 0 Å². The molecule has 1 unspecified atom stereocenters. The molecule has 1 heterocycles. The summed E-state index contributed by atoms with van der Waals surface area (Å²) in [4.78, 5) is 49.5. The smallest absolute Gasteiger partial charge is 0.330 e. The lowest BCUT2D eigenvalue weighted by Crippen LogP contribution is -2.41. The highest BCUT2D eigenvalue weighted by atomic mass is 16.5. The third kappa shape index (κ3) is 4.54. The summed E-state index contributed by atoms with van der Waals surface area (Å²) in [5, 5.41) is 2.47. The molecule has 0 bridgehead atoms. The van der Waals surface area contributed by atoms with Gasteiger partial charge < -0.3 is 14.8 Å². The van der Waals surface area contributed by atoms with Gasteiger partial charge in [0.1, 0.15) is 11.8 Å². The molecule has 1 aliphatic rings. The van der Waals surface area contributed by atoms with Crippen LogP contribution in [0.5, 0.6) is 5.75 Å². The van der Waals surface area contributed by atoms with Gasteiger partial charge in [-0.1, -0.05) is 24.3 Å². The van der Waals surface area contributed by atoms with Crippen molar-refractivity contribution in [1.29, 1.82) is 0 Å². The number of fused-ring (bicyclic) bond motifs is 1. The van der Waals surface area contributed by atoms with Gasteiger partial charge in [0.25, 0.3) is 11.8 Å². The van der Waals surface area contributed by atoms with E-state index in [-0.39, 0.29) is 11.1 Å². The number of hydrogen-bond acceptors (Lipinski definition) is 6. The number of methoxy groups -OCH3 is 1. The molecule has 1 aliphatic heterocycles. The molecule has 0 spiro atoms. The minimum Gasteiger partial charge on any atom is -0.497 e. The van der Waals surface area contributed by atoms with E-state index in [1.165, 1.54) is 25.1 Å². The molecule has 154 valence electrons. The molecule has 3 amide bonds.